The number of alkyl carbamates (subject to hydrolysis) is 1. The average Bonchev–Trinajstić information content (AvgIpc) is 2.34. The lowest BCUT2D eigenvalue weighted by Crippen LogP contribution is -2.38. The molecule has 0 unspecified atom stereocenters. The van der Waals surface area contributed by atoms with Gasteiger partial charge in [-0.2, -0.15) is 5.26 Å². The monoisotopic (exact) mass is 276 g/mol. The number of carboxylic acids is 1. The normalized spacial score (nSPS) is 12.1. The number of ether oxygens (including phenoxy) is 1. The van der Waals surface area contributed by atoms with Crippen LogP contribution in [0.1, 0.15) is 37.9 Å². The largest absolute Gasteiger partial charge is 0.479 e. The Morgan fingerprint density at radius 2 is 1.85 bits per heavy atom. The molecule has 1 aromatic rings. The average molecular weight is 276 g/mol. The van der Waals surface area contributed by atoms with Gasteiger partial charge in [0, 0.05) is 0 Å². The molecule has 0 spiro atoms. The standard InChI is InChI=1S/C14H16N2O4/c1-14(2,3)20-13(19)16-11(12(17)18)10-6-4-9(8-15)5-7-10/h4-7,11H,1-3H3,(H,16,19)(H,17,18)/t11-/m0/s1. The van der Waals surface area contributed by atoms with Crippen LogP contribution < -0.4 is 5.32 Å². The Hall–Kier alpha value is -2.55. The van der Waals surface area contributed by atoms with Gasteiger partial charge in [-0.1, -0.05) is 12.1 Å². The van der Waals surface area contributed by atoms with Crippen molar-refractivity contribution in [1.29, 1.82) is 5.26 Å². The van der Waals surface area contributed by atoms with Gasteiger partial charge in [0.1, 0.15) is 5.60 Å². The summed E-state index contributed by atoms with van der Waals surface area (Å²) < 4.78 is 5.02. The van der Waals surface area contributed by atoms with E-state index in [2.05, 4.69) is 5.32 Å². The molecule has 6 nitrogen and oxygen atoms in total. The third-order valence-electron chi connectivity index (χ3n) is 2.28. The zero-order valence-corrected chi connectivity index (χ0v) is 11.5. The molecule has 0 aliphatic rings. The second-order valence-electron chi connectivity index (χ2n) is 5.15. The minimum absolute atomic E-state index is 0.363. The Bertz CT molecular complexity index is 538. The molecule has 0 aliphatic carbocycles. The first-order chi connectivity index (χ1) is 9.23. The molecule has 0 saturated carbocycles. The molecular formula is C14H16N2O4. The van der Waals surface area contributed by atoms with Gasteiger partial charge in [-0.3, -0.25) is 0 Å². The fourth-order valence-electron chi connectivity index (χ4n) is 1.46. The van der Waals surface area contributed by atoms with Gasteiger partial charge in [0.2, 0.25) is 0 Å². The summed E-state index contributed by atoms with van der Waals surface area (Å²) in [7, 11) is 0. The van der Waals surface area contributed by atoms with Crippen LogP contribution in [0.4, 0.5) is 4.79 Å². The number of hydrogen-bond acceptors (Lipinski definition) is 4. The molecule has 2 N–H and O–H groups in total. The fraction of sp³-hybridized carbons (Fsp3) is 0.357. The van der Waals surface area contributed by atoms with E-state index in [1.807, 2.05) is 6.07 Å². The summed E-state index contributed by atoms with van der Waals surface area (Å²) in [6, 6.07) is 6.65. The molecular weight excluding hydrogens is 260 g/mol. The maximum Gasteiger partial charge on any atom is 0.408 e. The fourth-order valence-corrected chi connectivity index (χ4v) is 1.46. The number of aliphatic carboxylic acids is 1. The number of rotatable bonds is 3. The Kier molecular flexibility index (Phi) is 4.70. The SMILES string of the molecule is CC(C)(C)OC(=O)N[C@H](C(=O)O)c1ccc(C#N)cc1. The predicted molar refractivity (Wildman–Crippen MR) is 70.9 cm³/mol. The van der Waals surface area contributed by atoms with Crippen LogP contribution in [0, 0.1) is 11.3 Å². The van der Waals surface area contributed by atoms with Gasteiger partial charge in [0.25, 0.3) is 0 Å². The molecule has 0 heterocycles. The van der Waals surface area contributed by atoms with E-state index in [0.717, 1.165) is 0 Å². The van der Waals surface area contributed by atoms with Crippen molar-refractivity contribution in [3.8, 4) is 6.07 Å². The summed E-state index contributed by atoms with van der Waals surface area (Å²) in [5, 5.41) is 20.1. The molecule has 0 aliphatic heterocycles. The molecule has 20 heavy (non-hydrogen) atoms. The lowest BCUT2D eigenvalue weighted by atomic mass is 10.1. The molecule has 1 rings (SSSR count). The molecule has 106 valence electrons. The lowest BCUT2D eigenvalue weighted by molar-refractivity contribution is -0.139. The summed E-state index contributed by atoms with van der Waals surface area (Å²) in [5.74, 6) is -1.21. The Balaban J connectivity index is 2.87. The number of nitrogens with one attached hydrogen (secondary N) is 1. The molecule has 1 amide bonds. The van der Waals surface area contributed by atoms with Gasteiger partial charge < -0.3 is 15.2 Å². The Morgan fingerprint density at radius 3 is 2.25 bits per heavy atom. The molecule has 0 radical (unpaired) electrons. The Labute approximate surface area is 117 Å². The molecule has 1 atom stereocenters. The van der Waals surface area contributed by atoms with Crippen LogP contribution >= 0.6 is 0 Å². The number of carbonyl (C=O) groups is 2. The summed E-state index contributed by atoms with van der Waals surface area (Å²) in [4.78, 5) is 22.8. The highest BCUT2D eigenvalue weighted by Gasteiger charge is 2.25. The molecule has 0 bridgehead atoms. The van der Waals surface area contributed by atoms with E-state index in [4.69, 9.17) is 15.1 Å². The van der Waals surface area contributed by atoms with Crippen molar-refractivity contribution in [3.05, 3.63) is 35.4 Å². The third kappa shape index (κ3) is 4.61. The number of carbonyl (C=O) groups excluding carboxylic acids is 1. The van der Waals surface area contributed by atoms with Crippen LogP contribution in [-0.4, -0.2) is 22.8 Å². The van der Waals surface area contributed by atoms with E-state index in [0.29, 0.717) is 11.1 Å². The summed E-state index contributed by atoms with van der Waals surface area (Å²) in [6.45, 7) is 5.05. The number of benzene rings is 1. The highest BCUT2D eigenvalue weighted by Crippen LogP contribution is 2.16. The first-order valence-corrected chi connectivity index (χ1v) is 5.95. The number of nitrogens with zero attached hydrogens (tertiary/aromatic N) is 1. The van der Waals surface area contributed by atoms with Crippen LogP contribution in [0.5, 0.6) is 0 Å². The van der Waals surface area contributed by atoms with Crippen LogP contribution in [0.15, 0.2) is 24.3 Å². The topological polar surface area (TPSA) is 99.4 Å². The van der Waals surface area contributed by atoms with Crippen LogP contribution in [0.25, 0.3) is 0 Å². The van der Waals surface area contributed by atoms with E-state index >= 15 is 0 Å². The summed E-state index contributed by atoms with van der Waals surface area (Å²) in [6.07, 6.45) is -0.811. The van der Waals surface area contributed by atoms with E-state index in [9.17, 15) is 9.59 Å². The third-order valence-corrected chi connectivity index (χ3v) is 2.28. The van der Waals surface area contributed by atoms with Crippen molar-refractivity contribution in [1.82, 2.24) is 5.32 Å². The highest BCUT2D eigenvalue weighted by atomic mass is 16.6. The second kappa shape index (κ2) is 6.06. The lowest BCUT2D eigenvalue weighted by Gasteiger charge is -2.22. The molecule has 0 fully saturated rings. The summed E-state index contributed by atoms with van der Waals surface area (Å²) in [5.41, 5.74) is 0.0650. The van der Waals surface area contributed by atoms with Crippen molar-refractivity contribution < 1.29 is 19.4 Å². The first-order valence-electron chi connectivity index (χ1n) is 5.95. The Morgan fingerprint density at radius 1 is 1.30 bits per heavy atom. The van der Waals surface area contributed by atoms with Gasteiger partial charge in [-0.25, -0.2) is 9.59 Å². The zero-order chi connectivity index (χ0) is 15.3. The van der Waals surface area contributed by atoms with E-state index in [-0.39, 0.29) is 0 Å². The number of amides is 1. The number of hydrogen-bond donors (Lipinski definition) is 2. The maximum atomic E-state index is 11.6. The van der Waals surface area contributed by atoms with E-state index in [1.165, 1.54) is 24.3 Å². The quantitative estimate of drug-likeness (QED) is 0.881. The number of carboxylic acid groups (broad SMARTS) is 1. The number of nitriles is 1. The van der Waals surface area contributed by atoms with Crippen LogP contribution in [0.2, 0.25) is 0 Å². The van der Waals surface area contributed by atoms with Crippen molar-refractivity contribution in [2.45, 2.75) is 32.4 Å². The first kappa shape index (κ1) is 15.5. The molecule has 1 aromatic carbocycles. The van der Waals surface area contributed by atoms with Crippen molar-refractivity contribution in [2.75, 3.05) is 0 Å². The van der Waals surface area contributed by atoms with Crippen LogP contribution in [0.3, 0.4) is 0 Å². The maximum absolute atomic E-state index is 11.6. The van der Waals surface area contributed by atoms with E-state index < -0.39 is 23.7 Å². The minimum atomic E-state index is -1.22. The summed E-state index contributed by atoms with van der Waals surface area (Å²) >= 11 is 0. The van der Waals surface area contributed by atoms with Gasteiger partial charge >= 0.3 is 12.1 Å². The highest BCUT2D eigenvalue weighted by molar-refractivity contribution is 5.81. The predicted octanol–water partition coefficient (Wildman–Crippen LogP) is 2.21. The van der Waals surface area contributed by atoms with Crippen molar-refractivity contribution in [2.24, 2.45) is 0 Å². The van der Waals surface area contributed by atoms with Crippen LogP contribution in [-0.2, 0) is 9.53 Å². The smallest absolute Gasteiger partial charge is 0.408 e. The zero-order valence-electron chi connectivity index (χ0n) is 11.5. The van der Waals surface area contributed by atoms with Crippen molar-refractivity contribution in [3.63, 3.8) is 0 Å². The van der Waals surface area contributed by atoms with Gasteiger partial charge in [0.15, 0.2) is 6.04 Å². The minimum Gasteiger partial charge on any atom is -0.479 e. The van der Waals surface area contributed by atoms with E-state index in [1.54, 1.807) is 20.8 Å². The molecule has 6 heteroatoms. The van der Waals surface area contributed by atoms with Gasteiger partial charge in [-0.15, -0.1) is 0 Å². The van der Waals surface area contributed by atoms with Gasteiger partial charge in [0.05, 0.1) is 11.6 Å². The van der Waals surface area contributed by atoms with Gasteiger partial charge in [-0.05, 0) is 38.5 Å². The molecule has 0 aromatic heterocycles. The van der Waals surface area contributed by atoms with Crippen molar-refractivity contribution >= 4 is 12.1 Å². The molecule has 0 saturated heterocycles. The second-order valence-corrected chi connectivity index (χ2v) is 5.15.